The van der Waals surface area contributed by atoms with Crippen molar-refractivity contribution in [2.45, 2.75) is 23.9 Å². The van der Waals surface area contributed by atoms with E-state index in [0.29, 0.717) is 17.4 Å². The van der Waals surface area contributed by atoms with Gasteiger partial charge in [0.1, 0.15) is 11.1 Å². The van der Waals surface area contributed by atoms with Gasteiger partial charge in [-0.25, -0.2) is 4.39 Å². The van der Waals surface area contributed by atoms with Gasteiger partial charge in [0.2, 0.25) is 5.91 Å². The van der Waals surface area contributed by atoms with Crippen LogP contribution in [0.2, 0.25) is 0 Å². The van der Waals surface area contributed by atoms with E-state index in [0.717, 1.165) is 17.0 Å². The number of amides is 1. The first-order valence-electron chi connectivity index (χ1n) is 9.92. The lowest BCUT2D eigenvalue weighted by molar-refractivity contribution is -0.115. The largest absolute Gasteiger partial charge is 0.325 e. The normalized spacial score (nSPS) is 11.8. The Morgan fingerprint density at radius 3 is 2.26 bits per heavy atom. The Labute approximate surface area is 184 Å². The van der Waals surface area contributed by atoms with E-state index in [4.69, 9.17) is 0 Å². The number of hydrogen-bond donors (Lipinski definition) is 1. The minimum atomic E-state index is -0.552. The standard InChI is InChI=1S/C24H21FN4OS/c1-2-29-22(18-11-7-4-8-12-18)27-28-24(29)31-21(17-9-5-3-6-10-17)23(30)26-20-15-13-19(25)14-16-20/h3-16,21H,2H2,1H3,(H,26,30)/t21-/m1/s1. The van der Waals surface area contributed by atoms with Gasteiger partial charge < -0.3 is 9.88 Å². The van der Waals surface area contributed by atoms with Gasteiger partial charge in [-0.3, -0.25) is 4.79 Å². The third-order valence-electron chi connectivity index (χ3n) is 4.74. The third kappa shape index (κ3) is 4.83. The van der Waals surface area contributed by atoms with Gasteiger partial charge in [-0.2, -0.15) is 0 Å². The average Bonchev–Trinajstić information content (AvgIpc) is 3.22. The molecule has 0 bridgehead atoms. The Morgan fingerprint density at radius 1 is 0.968 bits per heavy atom. The predicted molar refractivity (Wildman–Crippen MR) is 121 cm³/mol. The highest BCUT2D eigenvalue weighted by atomic mass is 32.2. The molecule has 4 rings (SSSR count). The second kappa shape index (κ2) is 9.57. The molecule has 3 aromatic carbocycles. The lowest BCUT2D eigenvalue weighted by Gasteiger charge is -2.17. The van der Waals surface area contributed by atoms with E-state index in [1.54, 1.807) is 12.1 Å². The van der Waals surface area contributed by atoms with Gasteiger partial charge in [0.05, 0.1) is 0 Å². The number of anilines is 1. The summed E-state index contributed by atoms with van der Waals surface area (Å²) in [4.78, 5) is 13.2. The Balaban J connectivity index is 1.65. The molecule has 0 fully saturated rings. The van der Waals surface area contributed by atoms with E-state index in [9.17, 15) is 9.18 Å². The fourth-order valence-corrected chi connectivity index (χ4v) is 4.31. The van der Waals surface area contributed by atoms with Gasteiger partial charge in [-0.15, -0.1) is 10.2 Å². The Kier molecular flexibility index (Phi) is 6.43. The smallest absolute Gasteiger partial charge is 0.242 e. The van der Waals surface area contributed by atoms with E-state index in [1.165, 1.54) is 23.9 Å². The second-order valence-corrected chi connectivity index (χ2v) is 7.89. The lowest BCUT2D eigenvalue weighted by Crippen LogP contribution is -2.19. The van der Waals surface area contributed by atoms with E-state index in [-0.39, 0.29) is 11.7 Å². The van der Waals surface area contributed by atoms with Crippen molar-refractivity contribution >= 4 is 23.4 Å². The molecular weight excluding hydrogens is 411 g/mol. The van der Waals surface area contributed by atoms with Crippen LogP contribution in [0, 0.1) is 5.82 Å². The SMILES string of the molecule is CCn1c(S[C@@H](C(=O)Nc2ccc(F)cc2)c2ccccc2)nnc1-c1ccccc1. The summed E-state index contributed by atoms with van der Waals surface area (Å²) in [6.45, 7) is 2.69. The maximum Gasteiger partial charge on any atom is 0.242 e. The number of halogens is 1. The molecule has 1 heterocycles. The van der Waals surface area contributed by atoms with Crippen LogP contribution in [0.25, 0.3) is 11.4 Å². The number of nitrogens with one attached hydrogen (secondary N) is 1. The summed E-state index contributed by atoms with van der Waals surface area (Å²) in [7, 11) is 0. The summed E-state index contributed by atoms with van der Waals surface area (Å²) < 4.78 is 15.2. The average molecular weight is 433 g/mol. The molecule has 0 radical (unpaired) electrons. The van der Waals surface area contributed by atoms with Crippen LogP contribution < -0.4 is 5.32 Å². The zero-order valence-electron chi connectivity index (χ0n) is 16.9. The maximum atomic E-state index is 13.2. The topological polar surface area (TPSA) is 59.8 Å². The van der Waals surface area contributed by atoms with Gasteiger partial charge in [-0.05, 0) is 36.8 Å². The summed E-state index contributed by atoms with van der Waals surface area (Å²) in [6.07, 6.45) is 0. The van der Waals surface area contributed by atoms with Crippen LogP contribution >= 0.6 is 11.8 Å². The zero-order chi connectivity index (χ0) is 21.6. The minimum Gasteiger partial charge on any atom is -0.325 e. The summed E-state index contributed by atoms with van der Waals surface area (Å²) >= 11 is 1.34. The molecule has 1 N–H and O–H groups in total. The van der Waals surface area contributed by atoms with Crippen LogP contribution in [-0.4, -0.2) is 20.7 Å². The van der Waals surface area contributed by atoms with Crippen LogP contribution in [0.15, 0.2) is 90.1 Å². The number of rotatable bonds is 7. The molecule has 156 valence electrons. The van der Waals surface area contributed by atoms with Crippen LogP contribution in [0.1, 0.15) is 17.7 Å². The van der Waals surface area contributed by atoms with Crippen molar-refractivity contribution in [3.8, 4) is 11.4 Å². The first-order valence-corrected chi connectivity index (χ1v) is 10.8. The summed E-state index contributed by atoms with van der Waals surface area (Å²) in [5, 5.41) is 11.7. The molecule has 7 heteroatoms. The van der Waals surface area contributed by atoms with E-state index in [1.807, 2.05) is 72.2 Å². The van der Waals surface area contributed by atoms with E-state index in [2.05, 4.69) is 15.5 Å². The van der Waals surface area contributed by atoms with E-state index < -0.39 is 5.25 Å². The number of carbonyl (C=O) groups is 1. The number of aromatic nitrogens is 3. The molecule has 0 aliphatic carbocycles. The zero-order valence-corrected chi connectivity index (χ0v) is 17.7. The van der Waals surface area contributed by atoms with Crippen molar-refractivity contribution in [2.75, 3.05) is 5.32 Å². The number of carbonyl (C=O) groups excluding carboxylic acids is 1. The Bertz CT molecular complexity index is 1150. The van der Waals surface area contributed by atoms with Gasteiger partial charge in [0.25, 0.3) is 0 Å². The summed E-state index contributed by atoms with van der Waals surface area (Å²) in [6, 6.07) is 25.1. The predicted octanol–water partition coefficient (Wildman–Crippen LogP) is 5.58. The first kappa shape index (κ1) is 20.8. The molecule has 0 spiro atoms. The molecule has 0 saturated heterocycles. The maximum absolute atomic E-state index is 13.2. The third-order valence-corrected chi connectivity index (χ3v) is 5.98. The number of hydrogen-bond acceptors (Lipinski definition) is 4. The quantitative estimate of drug-likeness (QED) is 0.388. The van der Waals surface area contributed by atoms with Crippen LogP contribution in [-0.2, 0) is 11.3 Å². The number of nitrogens with zero attached hydrogens (tertiary/aromatic N) is 3. The number of benzene rings is 3. The van der Waals surface area contributed by atoms with Crippen molar-refractivity contribution in [3.63, 3.8) is 0 Å². The van der Waals surface area contributed by atoms with Gasteiger partial charge in [0.15, 0.2) is 11.0 Å². The van der Waals surface area contributed by atoms with Crippen LogP contribution in [0.3, 0.4) is 0 Å². The van der Waals surface area contributed by atoms with Gasteiger partial charge in [0, 0.05) is 17.8 Å². The van der Waals surface area contributed by atoms with Crippen LogP contribution in [0.5, 0.6) is 0 Å². The fourth-order valence-electron chi connectivity index (χ4n) is 3.21. The van der Waals surface area contributed by atoms with Gasteiger partial charge in [-0.1, -0.05) is 72.4 Å². The molecule has 0 unspecified atom stereocenters. The van der Waals surface area contributed by atoms with Crippen molar-refractivity contribution in [2.24, 2.45) is 0 Å². The molecule has 0 aliphatic rings. The van der Waals surface area contributed by atoms with Crippen molar-refractivity contribution < 1.29 is 9.18 Å². The summed E-state index contributed by atoms with van der Waals surface area (Å²) in [5.74, 6) is 0.197. The lowest BCUT2D eigenvalue weighted by atomic mass is 10.1. The Morgan fingerprint density at radius 2 is 1.61 bits per heavy atom. The first-order chi connectivity index (χ1) is 15.2. The molecule has 1 aromatic heterocycles. The Hall–Kier alpha value is -3.45. The molecule has 0 saturated carbocycles. The molecular formula is C24H21FN4OS. The highest BCUT2D eigenvalue weighted by Gasteiger charge is 2.26. The fraction of sp³-hybridized carbons (Fsp3) is 0.125. The molecule has 5 nitrogen and oxygen atoms in total. The van der Waals surface area contributed by atoms with Crippen LogP contribution in [0.4, 0.5) is 10.1 Å². The highest BCUT2D eigenvalue weighted by Crippen LogP contribution is 2.36. The molecule has 31 heavy (non-hydrogen) atoms. The minimum absolute atomic E-state index is 0.213. The number of thioether (sulfide) groups is 1. The van der Waals surface area contributed by atoms with Crippen molar-refractivity contribution in [1.29, 1.82) is 0 Å². The highest BCUT2D eigenvalue weighted by molar-refractivity contribution is 8.00. The van der Waals surface area contributed by atoms with E-state index >= 15 is 0 Å². The molecule has 4 aromatic rings. The molecule has 1 atom stereocenters. The van der Waals surface area contributed by atoms with Gasteiger partial charge >= 0.3 is 0 Å². The van der Waals surface area contributed by atoms with Crippen molar-refractivity contribution in [1.82, 2.24) is 14.8 Å². The molecule has 1 amide bonds. The molecule has 0 aliphatic heterocycles. The summed E-state index contributed by atoms with van der Waals surface area (Å²) in [5.41, 5.74) is 2.35. The van der Waals surface area contributed by atoms with Crippen molar-refractivity contribution in [3.05, 3.63) is 96.3 Å². The monoisotopic (exact) mass is 432 g/mol. The second-order valence-electron chi connectivity index (χ2n) is 6.82.